The topological polar surface area (TPSA) is 50.3 Å². The summed E-state index contributed by atoms with van der Waals surface area (Å²) >= 11 is 0. The van der Waals surface area contributed by atoms with Crippen LogP contribution in [0.5, 0.6) is 5.88 Å². The van der Waals surface area contributed by atoms with Crippen LogP contribution in [0.4, 0.5) is 5.95 Å². The van der Waals surface area contributed by atoms with Gasteiger partial charge in [-0.05, 0) is 33.4 Å². The maximum absolute atomic E-state index is 5.18. The van der Waals surface area contributed by atoms with Crippen LogP contribution in [0.15, 0.2) is 6.07 Å². The Morgan fingerprint density at radius 3 is 2.53 bits per heavy atom. The van der Waals surface area contributed by atoms with E-state index in [-0.39, 0.29) is 0 Å². The Bertz CT molecular complexity index is 383. The minimum absolute atomic E-state index is 0.335. The second kappa shape index (κ2) is 7.28. The quantitative estimate of drug-likeness (QED) is 0.820. The first-order valence-corrected chi connectivity index (χ1v) is 6.71. The van der Waals surface area contributed by atoms with Crippen molar-refractivity contribution in [2.24, 2.45) is 5.92 Å². The number of nitrogens with zero attached hydrogens (tertiary/aromatic N) is 3. The largest absolute Gasteiger partial charge is 0.481 e. The van der Waals surface area contributed by atoms with Crippen LogP contribution in [0.2, 0.25) is 0 Å². The molecule has 0 amide bonds. The lowest BCUT2D eigenvalue weighted by atomic mass is 10.0. The van der Waals surface area contributed by atoms with Crippen molar-refractivity contribution in [2.45, 2.75) is 33.2 Å². The van der Waals surface area contributed by atoms with Crippen molar-refractivity contribution in [3.63, 3.8) is 0 Å². The molecule has 0 aliphatic heterocycles. The Morgan fingerprint density at radius 1 is 1.32 bits per heavy atom. The molecular formula is C14H26N4O. The number of ether oxygens (including phenoxy) is 1. The monoisotopic (exact) mass is 266 g/mol. The highest BCUT2D eigenvalue weighted by molar-refractivity contribution is 5.31. The standard InChI is InChI=1S/C14H26N4O/c1-10(2)7-12(9-18(4)5)16-14-15-11(3)8-13(17-14)19-6/h8,10,12H,7,9H2,1-6H3,(H,15,16,17). The number of nitrogens with one attached hydrogen (secondary N) is 1. The summed E-state index contributed by atoms with van der Waals surface area (Å²) < 4.78 is 5.18. The molecule has 1 rings (SSSR count). The Kier molecular flexibility index (Phi) is 6.02. The summed E-state index contributed by atoms with van der Waals surface area (Å²) in [7, 11) is 5.77. The fraction of sp³-hybridized carbons (Fsp3) is 0.714. The van der Waals surface area contributed by atoms with Crippen LogP contribution in [-0.4, -0.2) is 48.7 Å². The molecule has 0 saturated carbocycles. The van der Waals surface area contributed by atoms with Gasteiger partial charge in [-0.1, -0.05) is 13.8 Å². The summed E-state index contributed by atoms with van der Waals surface area (Å²) in [5.74, 6) is 1.87. The van der Waals surface area contributed by atoms with Crippen molar-refractivity contribution in [2.75, 3.05) is 33.1 Å². The molecule has 0 aliphatic carbocycles. The molecule has 1 atom stereocenters. The molecule has 1 N–H and O–H groups in total. The predicted molar refractivity (Wildman–Crippen MR) is 78.7 cm³/mol. The summed E-state index contributed by atoms with van der Waals surface area (Å²) in [5.41, 5.74) is 0.905. The molecule has 0 bridgehead atoms. The summed E-state index contributed by atoms with van der Waals surface area (Å²) in [5, 5.41) is 3.41. The minimum atomic E-state index is 0.335. The van der Waals surface area contributed by atoms with Gasteiger partial charge in [0.25, 0.3) is 0 Å². The molecule has 1 unspecified atom stereocenters. The highest BCUT2D eigenvalue weighted by atomic mass is 16.5. The molecule has 0 spiro atoms. The van der Waals surface area contributed by atoms with E-state index in [0.29, 0.717) is 23.8 Å². The van der Waals surface area contributed by atoms with E-state index >= 15 is 0 Å². The maximum Gasteiger partial charge on any atom is 0.226 e. The third kappa shape index (κ3) is 5.87. The van der Waals surface area contributed by atoms with Gasteiger partial charge in [-0.3, -0.25) is 0 Å². The molecule has 0 aromatic carbocycles. The van der Waals surface area contributed by atoms with E-state index in [1.165, 1.54) is 0 Å². The van der Waals surface area contributed by atoms with Crippen LogP contribution in [0, 0.1) is 12.8 Å². The van der Waals surface area contributed by atoms with Crippen LogP contribution in [0.3, 0.4) is 0 Å². The van der Waals surface area contributed by atoms with E-state index in [1.807, 2.05) is 13.0 Å². The number of methoxy groups -OCH3 is 1. The van der Waals surface area contributed by atoms with Gasteiger partial charge in [0, 0.05) is 24.3 Å². The van der Waals surface area contributed by atoms with Crippen molar-refractivity contribution in [1.82, 2.24) is 14.9 Å². The Hall–Kier alpha value is -1.36. The van der Waals surface area contributed by atoms with Crippen LogP contribution >= 0.6 is 0 Å². The third-order valence-corrected chi connectivity index (χ3v) is 2.71. The second-order valence-electron chi connectivity index (χ2n) is 5.61. The number of aryl methyl sites for hydroxylation is 1. The molecule has 108 valence electrons. The average molecular weight is 266 g/mol. The Balaban J connectivity index is 2.79. The first kappa shape index (κ1) is 15.7. The van der Waals surface area contributed by atoms with Gasteiger partial charge in [0.1, 0.15) is 0 Å². The second-order valence-corrected chi connectivity index (χ2v) is 5.61. The zero-order chi connectivity index (χ0) is 14.4. The van der Waals surface area contributed by atoms with E-state index in [1.54, 1.807) is 7.11 Å². The van der Waals surface area contributed by atoms with Crippen LogP contribution in [0.25, 0.3) is 0 Å². The highest BCUT2D eigenvalue weighted by Crippen LogP contribution is 2.14. The molecule has 0 radical (unpaired) electrons. The summed E-state index contributed by atoms with van der Waals surface area (Å²) in [4.78, 5) is 10.9. The molecule has 19 heavy (non-hydrogen) atoms. The van der Waals surface area contributed by atoms with E-state index in [9.17, 15) is 0 Å². The summed E-state index contributed by atoms with van der Waals surface area (Å²) in [6.07, 6.45) is 1.08. The van der Waals surface area contributed by atoms with Crippen LogP contribution in [-0.2, 0) is 0 Å². The normalized spacial score (nSPS) is 12.8. The molecule has 0 fully saturated rings. The van der Waals surface area contributed by atoms with Crippen molar-refractivity contribution in [1.29, 1.82) is 0 Å². The number of hydrogen-bond donors (Lipinski definition) is 1. The van der Waals surface area contributed by atoms with Gasteiger partial charge in [0.05, 0.1) is 7.11 Å². The molecule has 5 heteroatoms. The number of hydrogen-bond acceptors (Lipinski definition) is 5. The van der Waals surface area contributed by atoms with Crippen molar-refractivity contribution >= 4 is 5.95 Å². The lowest BCUT2D eigenvalue weighted by molar-refractivity contribution is 0.354. The molecule has 5 nitrogen and oxygen atoms in total. The molecule has 0 aliphatic rings. The molecule has 1 heterocycles. The zero-order valence-electron chi connectivity index (χ0n) is 12.9. The number of rotatable bonds is 7. The minimum Gasteiger partial charge on any atom is -0.481 e. The van der Waals surface area contributed by atoms with Crippen LogP contribution in [0.1, 0.15) is 26.0 Å². The van der Waals surface area contributed by atoms with E-state index < -0.39 is 0 Å². The number of anilines is 1. The SMILES string of the molecule is COc1cc(C)nc(NC(CC(C)C)CN(C)C)n1. The number of likely N-dealkylation sites (N-methyl/N-ethyl adjacent to an activating group) is 1. The molecule has 1 aromatic rings. The first-order valence-electron chi connectivity index (χ1n) is 6.71. The predicted octanol–water partition coefficient (Wildman–Crippen LogP) is 2.18. The summed E-state index contributed by atoms with van der Waals surface area (Å²) in [6.45, 7) is 7.35. The van der Waals surface area contributed by atoms with Gasteiger partial charge in [0.15, 0.2) is 0 Å². The first-order chi connectivity index (χ1) is 8.90. The maximum atomic E-state index is 5.18. The van der Waals surface area contributed by atoms with Gasteiger partial charge in [-0.2, -0.15) is 4.98 Å². The van der Waals surface area contributed by atoms with Crippen molar-refractivity contribution in [3.05, 3.63) is 11.8 Å². The average Bonchev–Trinajstić information content (AvgIpc) is 2.26. The molecule has 1 aromatic heterocycles. The fourth-order valence-corrected chi connectivity index (χ4v) is 2.08. The van der Waals surface area contributed by atoms with E-state index in [0.717, 1.165) is 18.7 Å². The van der Waals surface area contributed by atoms with Gasteiger partial charge >= 0.3 is 0 Å². The summed E-state index contributed by atoms with van der Waals surface area (Å²) in [6, 6.07) is 2.16. The fourth-order valence-electron chi connectivity index (χ4n) is 2.08. The van der Waals surface area contributed by atoms with Gasteiger partial charge < -0.3 is 15.0 Å². The number of aromatic nitrogens is 2. The van der Waals surface area contributed by atoms with E-state index in [4.69, 9.17) is 4.74 Å². The molecular weight excluding hydrogens is 240 g/mol. The Labute approximate surface area is 116 Å². The highest BCUT2D eigenvalue weighted by Gasteiger charge is 2.14. The smallest absolute Gasteiger partial charge is 0.226 e. The Morgan fingerprint density at radius 2 is 2.00 bits per heavy atom. The van der Waals surface area contributed by atoms with Crippen LogP contribution < -0.4 is 10.1 Å². The zero-order valence-corrected chi connectivity index (χ0v) is 12.9. The molecule has 0 saturated heterocycles. The third-order valence-electron chi connectivity index (χ3n) is 2.71. The van der Waals surface area contributed by atoms with Crippen molar-refractivity contribution in [3.8, 4) is 5.88 Å². The van der Waals surface area contributed by atoms with Crippen molar-refractivity contribution < 1.29 is 4.74 Å². The lowest BCUT2D eigenvalue weighted by Gasteiger charge is -2.24. The van der Waals surface area contributed by atoms with Gasteiger partial charge in [-0.15, -0.1) is 0 Å². The van der Waals surface area contributed by atoms with Gasteiger partial charge in [-0.25, -0.2) is 4.98 Å². The lowest BCUT2D eigenvalue weighted by Crippen LogP contribution is -2.34. The van der Waals surface area contributed by atoms with E-state index in [2.05, 4.69) is 48.1 Å². The van der Waals surface area contributed by atoms with Gasteiger partial charge in [0.2, 0.25) is 11.8 Å².